The Morgan fingerprint density at radius 1 is 1.61 bits per heavy atom. The SMILES string of the molecule is CNCC1CCCCN1c1ncccc1C(N)=O. The number of hydrogen-bond donors (Lipinski definition) is 2. The van der Waals surface area contributed by atoms with Crippen LogP contribution in [0.5, 0.6) is 0 Å². The van der Waals surface area contributed by atoms with Crippen LogP contribution in [0, 0.1) is 0 Å². The van der Waals surface area contributed by atoms with Crippen LogP contribution in [0.25, 0.3) is 0 Å². The van der Waals surface area contributed by atoms with E-state index in [1.807, 2.05) is 7.05 Å². The molecule has 5 heteroatoms. The van der Waals surface area contributed by atoms with Gasteiger partial charge in [0.05, 0.1) is 5.56 Å². The summed E-state index contributed by atoms with van der Waals surface area (Å²) in [4.78, 5) is 18.0. The monoisotopic (exact) mass is 248 g/mol. The van der Waals surface area contributed by atoms with Crippen LogP contribution in [0.2, 0.25) is 0 Å². The van der Waals surface area contributed by atoms with Gasteiger partial charge >= 0.3 is 0 Å². The number of rotatable bonds is 4. The molecule has 1 atom stereocenters. The van der Waals surface area contributed by atoms with Crippen molar-refractivity contribution in [1.82, 2.24) is 10.3 Å². The first-order valence-corrected chi connectivity index (χ1v) is 6.40. The molecule has 0 spiro atoms. The Bertz CT molecular complexity index is 419. The molecule has 0 aromatic carbocycles. The highest BCUT2D eigenvalue weighted by Gasteiger charge is 2.25. The van der Waals surface area contributed by atoms with Gasteiger partial charge in [0.25, 0.3) is 5.91 Å². The zero-order valence-electron chi connectivity index (χ0n) is 10.7. The molecule has 1 saturated heterocycles. The van der Waals surface area contributed by atoms with Crippen LogP contribution in [0.15, 0.2) is 18.3 Å². The van der Waals surface area contributed by atoms with Crippen molar-refractivity contribution in [1.29, 1.82) is 0 Å². The Kier molecular flexibility index (Phi) is 4.15. The van der Waals surface area contributed by atoms with Crippen LogP contribution in [-0.2, 0) is 0 Å². The van der Waals surface area contributed by atoms with Gasteiger partial charge in [-0.3, -0.25) is 4.79 Å². The minimum atomic E-state index is -0.410. The van der Waals surface area contributed by atoms with Gasteiger partial charge in [0, 0.05) is 25.3 Å². The van der Waals surface area contributed by atoms with Crippen molar-refractivity contribution in [2.24, 2.45) is 5.73 Å². The van der Waals surface area contributed by atoms with Gasteiger partial charge < -0.3 is 16.0 Å². The Balaban J connectivity index is 2.30. The van der Waals surface area contributed by atoms with Gasteiger partial charge in [-0.05, 0) is 38.4 Å². The number of nitrogens with two attached hydrogens (primary N) is 1. The van der Waals surface area contributed by atoms with Gasteiger partial charge in [0.2, 0.25) is 0 Å². The lowest BCUT2D eigenvalue weighted by atomic mass is 10.0. The fourth-order valence-corrected chi connectivity index (χ4v) is 2.55. The number of nitrogens with one attached hydrogen (secondary N) is 1. The molecular formula is C13H20N4O. The molecule has 1 aliphatic heterocycles. The van der Waals surface area contributed by atoms with Gasteiger partial charge in [0.1, 0.15) is 5.82 Å². The third-order valence-corrected chi connectivity index (χ3v) is 3.39. The lowest BCUT2D eigenvalue weighted by molar-refractivity contribution is 0.100. The first-order chi connectivity index (χ1) is 8.74. The fourth-order valence-electron chi connectivity index (χ4n) is 2.55. The molecule has 1 amide bonds. The van der Waals surface area contributed by atoms with E-state index in [0.717, 1.165) is 31.7 Å². The van der Waals surface area contributed by atoms with Crippen LogP contribution in [0.1, 0.15) is 29.6 Å². The van der Waals surface area contributed by atoms with E-state index in [-0.39, 0.29) is 0 Å². The molecule has 18 heavy (non-hydrogen) atoms. The molecule has 98 valence electrons. The van der Waals surface area contributed by atoms with Crippen molar-refractivity contribution in [3.05, 3.63) is 23.9 Å². The standard InChI is InChI=1S/C13H20N4O/c1-15-9-10-5-2-3-8-17(10)13-11(12(14)18)6-4-7-16-13/h4,6-7,10,15H,2-3,5,8-9H2,1H3,(H2,14,18). The number of primary amides is 1. The molecule has 1 aliphatic rings. The summed E-state index contributed by atoms with van der Waals surface area (Å²) < 4.78 is 0. The average molecular weight is 248 g/mol. The predicted molar refractivity (Wildman–Crippen MR) is 71.7 cm³/mol. The van der Waals surface area contributed by atoms with Crippen LogP contribution in [-0.4, -0.2) is 37.1 Å². The number of likely N-dealkylation sites (N-methyl/N-ethyl adjacent to an activating group) is 1. The fraction of sp³-hybridized carbons (Fsp3) is 0.538. The quantitative estimate of drug-likeness (QED) is 0.825. The van der Waals surface area contributed by atoms with E-state index >= 15 is 0 Å². The molecule has 1 aromatic rings. The van der Waals surface area contributed by atoms with E-state index < -0.39 is 5.91 Å². The minimum Gasteiger partial charge on any atom is -0.365 e. The molecule has 1 unspecified atom stereocenters. The van der Waals surface area contributed by atoms with Gasteiger partial charge in [0.15, 0.2) is 0 Å². The van der Waals surface area contributed by atoms with E-state index in [1.165, 1.54) is 6.42 Å². The molecule has 3 N–H and O–H groups in total. The van der Waals surface area contributed by atoms with Gasteiger partial charge in [-0.1, -0.05) is 0 Å². The summed E-state index contributed by atoms with van der Waals surface area (Å²) in [5.74, 6) is 0.317. The number of anilines is 1. The van der Waals surface area contributed by atoms with Crippen LogP contribution in [0.4, 0.5) is 5.82 Å². The maximum Gasteiger partial charge on any atom is 0.252 e. The Hall–Kier alpha value is -1.62. The Labute approximate surface area is 107 Å². The molecule has 1 aromatic heterocycles. The lowest BCUT2D eigenvalue weighted by Gasteiger charge is -2.37. The number of carbonyl (C=O) groups is 1. The number of hydrogen-bond acceptors (Lipinski definition) is 4. The number of carbonyl (C=O) groups excluding carboxylic acids is 1. The molecule has 0 aliphatic carbocycles. The predicted octanol–water partition coefficient (Wildman–Crippen LogP) is 0.759. The first-order valence-electron chi connectivity index (χ1n) is 6.40. The first kappa shape index (κ1) is 12.8. The minimum absolute atomic E-state index is 0.386. The van der Waals surface area contributed by atoms with Crippen molar-refractivity contribution in [2.45, 2.75) is 25.3 Å². The molecular weight excluding hydrogens is 228 g/mol. The van der Waals surface area contributed by atoms with Crippen molar-refractivity contribution >= 4 is 11.7 Å². The van der Waals surface area contributed by atoms with Gasteiger partial charge in [-0.15, -0.1) is 0 Å². The second kappa shape index (κ2) is 5.82. The van der Waals surface area contributed by atoms with E-state index in [1.54, 1.807) is 18.3 Å². The van der Waals surface area contributed by atoms with E-state index in [2.05, 4.69) is 15.2 Å². The van der Waals surface area contributed by atoms with Crippen molar-refractivity contribution in [3.8, 4) is 0 Å². The molecule has 0 radical (unpaired) electrons. The van der Waals surface area contributed by atoms with Crippen molar-refractivity contribution in [3.63, 3.8) is 0 Å². The maximum absolute atomic E-state index is 11.5. The van der Waals surface area contributed by atoms with Gasteiger partial charge in [-0.2, -0.15) is 0 Å². The molecule has 2 rings (SSSR count). The number of piperidine rings is 1. The maximum atomic E-state index is 11.5. The van der Waals surface area contributed by atoms with Crippen LogP contribution >= 0.6 is 0 Å². The van der Waals surface area contributed by atoms with E-state index in [0.29, 0.717) is 11.6 Å². The largest absolute Gasteiger partial charge is 0.365 e. The summed E-state index contributed by atoms with van der Waals surface area (Å²) >= 11 is 0. The smallest absolute Gasteiger partial charge is 0.252 e. The zero-order chi connectivity index (χ0) is 13.0. The molecule has 0 saturated carbocycles. The summed E-state index contributed by atoms with van der Waals surface area (Å²) in [6.07, 6.45) is 5.19. The molecule has 1 fully saturated rings. The van der Waals surface area contributed by atoms with Crippen molar-refractivity contribution < 1.29 is 4.79 Å². The summed E-state index contributed by atoms with van der Waals surface area (Å²) in [5.41, 5.74) is 5.93. The molecule has 2 heterocycles. The lowest BCUT2D eigenvalue weighted by Crippen LogP contribution is -2.46. The van der Waals surface area contributed by atoms with Crippen LogP contribution in [0.3, 0.4) is 0 Å². The average Bonchev–Trinajstić information content (AvgIpc) is 2.40. The highest BCUT2D eigenvalue weighted by Crippen LogP contribution is 2.25. The second-order valence-electron chi connectivity index (χ2n) is 4.64. The highest BCUT2D eigenvalue weighted by molar-refractivity contribution is 5.97. The normalized spacial score (nSPS) is 19.8. The Morgan fingerprint density at radius 3 is 3.17 bits per heavy atom. The van der Waals surface area contributed by atoms with E-state index in [4.69, 9.17) is 5.73 Å². The zero-order valence-corrected chi connectivity index (χ0v) is 10.7. The Morgan fingerprint density at radius 2 is 2.44 bits per heavy atom. The van der Waals surface area contributed by atoms with Gasteiger partial charge in [-0.25, -0.2) is 4.98 Å². The molecule has 0 bridgehead atoms. The van der Waals surface area contributed by atoms with Crippen LogP contribution < -0.4 is 16.0 Å². The number of amides is 1. The number of pyridine rings is 1. The third kappa shape index (κ3) is 2.61. The summed E-state index contributed by atoms with van der Waals surface area (Å²) in [7, 11) is 1.94. The number of aromatic nitrogens is 1. The van der Waals surface area contributed by atoms with E-state index in [9.17, 15) is 4.79 Å². The van der Waals surface area contributed by atoms with Crippen molar-refractivity contribution in [2.75, 3.05) is 25.0 Å². The topological polar surface area (TPSA) is 71.2 Å². The third-order valence-electron chi connectivity index (χ3n) is 3.39. The second-order valence-corrected chi connectivity index (χ2v) is 4.64. The summed E-state index contributed by atoms with van der Waals surface area (Å²) in [6.45, 7) is 1.83. The summed E-state index contributed by atoms with van der Waals surface area (Å²) in [6, 6.07) is 3.88. The highest BCUT2D eigenvalue weighted by atomic mass is 16.1. The molecule has 5 nitrogen and oxygen atoms in total. The summed E-state index contributed by atoms with van der Waals surface area (Å²) in [5, 5.41) is 3.20. The number of nitrogens with zero attached hydrogens (tertiary/aromatic N) is 2.